The van der Waals surface area contributed by atoms with Gasteiger partial charge in [0.1, 0.15) is 18.1 Å². The molecule has 1 saturated heterocycles. The number of aryl methyl sites for hydroxylation is 1. The molecule has 1 aromatic carbocycles. The molecule has 12 heteroatoms. The van der Waals surface area contributed by atoms with Crippen LogP contribution < -0.4 is 10.6 Å². The van der Waals surface area contributed by atoms with Crippen LogP contribution in [-0.4, -0.2) is 109 Å². The quantitative estimate of drug-likeness (QED) is 0.327. The normalized spacial score (nSPS) is 17.3. The highest BCUT2D eigenvalue weighted by atomic mass is 32.1. The summed E-state index contributed by atoms with van der Waals surface area (Å²) >= 11 is 1.58. The van der Waals surface area contributed by atoms with Crippen LogP contribution in [0.1, 0.15) is 25.1 Å². The first-order chi connectivity index (χ1) is 18.8. The number of aliphatic hydroxyl groups is 1. The van der Waals surface area contributed by atoms with Gasteiger partial charge in [0.15, 0.2) is 0 Å². The number of amides is 3. The van der Waals surface area contributed by atoms with Crippen LogP contribution >= 0.6 is 11.3 Å². The molecule has 1 aliphatic heterocycles. The minimum absolute atomic E-state index is 0.0387. The fraction of sp³-hybridized carbons (Fsp3) is 0.556. The van der Waals surface area contributed by atoms with E-state index in [4.69, 9.17) is 9.47 Å². The summed E-state index contributed by atoms with van der Waals surface area (Å²) in [6.07, 6.45) is 0. The van der Waals surface area contributed by atoms with Crippen LogP contribution in [0.4, 0.5) is 0 Å². The topological polar surface area (TPSA) is 133 Å². The molecule has 39 heavy (non-hydrogen) atoms. The molecule has 1 aliphatic rings. The minimum Gasteiger partial charge on any atom is -0.395 e. The third kappa shape index (κ3) is 8.29. The molecule has 1 fully saturated rings. The van der Waals surface area contributed by atoms with Crippen LogP contribution in [0.15, 0.2) is 29.8 Å². The van der Waals surface area contributed by atoms with Crippen molar-refractivity contribution in [2.24, 2.45) is 0 Å². The summed E-state index contributed by atoms with van der Waals surface area (Å²) in [6, 6.07) is 5.59. The zero-order chi connectivity index (χ0) is 28.4. The van der Waals surface area contributed by atoms with Gasteiger partial charge in [-0.2, -0.15) is 0 Å². The van der Waals surface area contributed by atoms with Crippen molar-refractivity contribution in [2.45, 2.75) is 45.4 Å². The number of carbonyl (C=O) groups excluding carboxylic acids is 3. The summed E-state index contributed by atoms with van der Waals surface area (Å²) < 4.78 is 10.6. The molecule has 0 saturated carbocycles. The van der Waals surface area contributed by atoms with E-state index in [1.54, 1.807) is 32.3 Å². The van der Waals surface area contributed by atoms with Crippen molar-refractivity contribution in [1.29, 1.82) is 0 Å². The highest BCUT2D eigenvalue weighted by Crippen LogP contribution is 2.27. The standard InChI is InChI=1S/C27H39N5O6S/c1-18-24(39-17-29-18)22-7-5-21(6-8-22)15-28-25(34)20(3)32(9-12-33)27(36)19(2)30-26(35)23-16-38-14-11-31(23)10-13-37-4/h5-8,17,19-20,23,33H,9-16H2,1-4H3,(H,28,34)(H,30,35). The number of thiazole rings is 1. The molecule has 3 rings (SSSR count). The summed E-state index contributed by atoms with van der Waals surface area (Å²) in [7, 11) is 1.60. The van der Waals surface area contributed by atoms with E-state index in [9.17, 15) is 19.5 Å². The molecular weight excluding hydrogens is 522 g/mol. The van der Waals surface area contributed by atoms with Gasteiger partial charge in [-0.25, -0.2) is 4.98 Å². The first-order valence-corrected chi connectivity index (χ1v) is 13.9. The van der Waals surface area contributed by atoms with Gasteiger partial charge in [0.2, 0.25) is 17.7 Å². The van der Waals surface area contributed by atoms with Crippen LogP contribution in [0.3, 0.4) is 0 Å². The third-order valence-electron chi connectivity index (χ3n) is 6.75. The molecule has 214 valence electrons. The molecule has 11 nitrogen and oxygen atoms in total. The second kappa shape index (κ2) is 15.0. The maximum atomic E-state index is 13.3. The predicted molar refractivity (Wildman–Crippen MR) is 148 cm³/mol. The van der Waals surface area contributed by atoms with Crippen molar-refractivity contribution in [3.63, 3.8) is 0 Å². The number of morpholine rings is 1. The second-order valence-corrected chi connectivity index (χ2v) is 10.3. The molecule has 0 aliphatic carbocycles. The molecule has 0 bridgehead atoms. The van der Waals surface area contributed by atoms with Gasteiger partial charge < -0.3 is 30.1 Å². The molecule has 3 amide bonds. The van der Waals surface area contributed by atoms with Crippen molar-refractivity contribution in [1.82, 2.24) is 25.4 Å². The third-order valence-corrected chi connectivity index (χ3v) is 7.73. The number of carbonyl (C=O) groups is 3. The van der Waals surface area contributed by atoms with E-state index in [1.807, 2.05) is 41.6 Å². The highest BCUT2D eigenvalue weighted by molar-refractivity contribution is 7.13. The van der Waals surface area contributed by atoms with E-state index in [0.29, 0.717) is 26.3 Å². The number of hydrogen-bond donors (Lipinski definition) is 3. The molecule has 3 unspecified atom stereocenters. The average molecular weight is 562 g/mol. The van der Waals surface area contributed by atoms with Crippen molar-refractivity contribution < 1.29 is 29.0 Å². The molecule has 3 atom stereocenters. The number of rotatable bonds is 13. The Labute approximate surface area is 233 Å². The number of ether oxygens (including phenoxy) is 2. The lowest BCUT2D eigenvalue weighted by atomic mass is 10.1. The highest BCUT2D eigenvalue weighted by Gasteiger charge is 2.33. The Hall–Kier alpha value is -2.90. The summed E-state index contributed by atoms with van der Waals surface area (Å²) in [5, 5.41) is 15.2. The van der Waals surface area contributed by atoms with E-state index in [0.717, 1.165) is 21.7 Å². The smallest absolute Gasteiger partial charge is 0.245 e. The summed E-state index contributed by atoms with van der Waals surface area (Å²) in [5.74, 6) is -1.14. The van der Waals surface area contributed by atoms with E-state index in [2.05, 4.69) is 15.6 Å². The minimum atomic E-state index is -0.895. The maximum absolute atomic E-state index is 13.3. The fourth-order valence-electron chi connectivity index (χ4n) is 4.41. The zero-order valence-electron chi connectivity index (χ0n) is 23.0. The predicted octanol–water partition coefficient (Wildman–Crippen LogP) is 0.796. The maximum Gasteiger partial charge on any atom is 0.245 e. The zero-order valence-corrected chi connectivity index (χ0v) is 23.8. The number of benzene rings is 1. The van der Waals surface area contributed by atoms with Gasteiger partial charge in [-0.15, -0.1) is 11.3 Å². The number of nitrogens with one attached hydrogen (secondary N) is 2. The van der Waals surface area contributed by atoms with Gasteiger partial charge in [-0.05, 0) is 31.9 Å². The lowest BCUT2D eigenvalue weighted by Crippen LogP contribution is -2.59. The van der Waals surface area contributed by atoms with Gasteiger partial charge in [-0.3, -0.25) is 19.3 Å². The fourth-order valence-corrected chi connectivity index (χ4v) is 5.22. The van der Waals surface area contributed by atoms with E-state index >= 15 is 0 Å². The van der Waals surface area contributed by atoms with E-state index < -0.39 is 24.0 Å². The molecule has 0 radical (unpaired) electrons. The number of aliphatic hydroxyl groups excluding tert-OH is 1. The molecule has 1 aromatic heterocycles. The van der Waals surface area contributed by atoms with Crippen molar-refractivity contribution >= 4 is 29.1 Å². The van der Waals surface area contributed by atoms with Gasteiger partial charge in [0.25, 0.3) is 0 Å². The van der Waals surface area contributed by atoms with Crippen molar-refractivity contribution in [2.75, 3.05) is 53.2 Å². The van der Waals surface area contributed by atoms with Gasteiger partial charge in [-0.1, -0.05) is 24.3 Å². The summed E-state index contributed by atoms with van der Waals surface area (Å²) in [6.45, 7) is 7.46. The Morgan fingerprint density at radius 2 is 2.03 bits per heavy atom. The number of hydrogen-bond acceptors (Lipinski definition) is 9. The molecule has 0 spiro atoms. The van der Waals surface area contributed by atoms with Crippen molar-refractivity contribution in [3.05, 3.63) is 41.0 Å². The Morgan fingerprint density at radius 3 is 2.67 bits per heavy atom. The molecule has 2 aromatic rings. The van der Waals surface area contributed by atoms with Crippen LogP contribution in [0.25, 0.3) is 10.4 Å². The Kier molecular flexibility index (Phi) is 11.8. The Morgan fingerprint density at radius 1 is 1.28 bits per heavy atom. The average Bonchev–Trinajstić information content (AvgIpc) is 3.38. The van der Waals surface area contributed by atoms with Gasteiger partial charge in [0.05, 0.1) is 42.5 Å². The number of methoxy groups -OCH3 is 1. The Bertz CT molecular complexity index is 1090. The second-order valence-electron chi connectivity index (χ2n) is 9.46. The lowest BCUT2D eigenvalue weighted by Gasteiger charge is -2.35. The van der Waals surface area contributed by atoms with E-state index in [1.165, 1.54) is 4.90 Å². The SMILES string of the molecule is COCCN1CCOCC1C(=O)NC(C)C(=O)N(CCO)C(C)C(=O)NCc1ccc(-c2scnc2C)cc1. The van der Waals surface area contributed by atoms with Crippen LogP contribution in [0.2, 0.25) is 0 Å². The molecular formula is C27H39N5O6S. The van der Waals surface area contributed by atoms with Crippen molar-refractivity contribution in [3.8, 4) is 10.4 Å². The molecule has 2 heterocycles. The van der Waals surface area contributed by atoms with Gasteiger partial charge >= 0.3 is 0 Å². The summed E-state index contributed by atoms with van der Waals surface area (Å²) in [4.78, 5) is 47.8. The molecule has 3 N–H and O–H groups in total. The van der Waals surface area contributed by atoms with Crippen LogP contribution in [0.5, 0.6) is 0 Å². The van der Waals surface area contributed by atoms with Crippen LogP contribution in [0, 0.1) is 6.92 Å². The largest absolute Gasteiger partial charge is 0.395 e. The first-order valence-electron chi connectivity index (χ1n) is 13.1. The van der Waals surface area contributed by atoms with Gasteiger partial charge in [0, 0.05) is 33.3 Å². The lowest BCUT2D eigenvalue weighted by molar-refractivity contribution is -0.144. The first kappa shape index (κ1) is 30.6. The number of aromatic nitrogens is 1. The van der Waals surface area contributed by atoms with Crippen LogP contribution in [-0.2, 0) is 30.4 Å². The Balaban J connectivity index is 1.56. The monoisotopic (exact) mass is 561 g/mol. The van der Waals surface area contributed by atoms with E-state index in [-0.39, 0.29) is 38.1 Å². The summed E-state index contributed by atoms with van der Waals surface area (Å²) in [5.41, 5.74) is 4.77. The number of nitrogens with zero attached hydrogens (tertiary/aromatic N) is 3.